The maximum absolute atomic E-state index is 7.07. The molecule has 84 heavy (non-hydrogen) atoms. The van der Waals surface area contributed by atoms with Gasteiger partial charge in [-0.15, -0.1) is 0 Å². The van der Waals surface area contributed by atoms with Crippen LogP contribution in [0.5, 0.6) is 5.75 Å². The van der Waals surface area contributed by atoms with Crippen LogP contribution in [0.2, 0.25) is 0 Å². The van der Waals surface area contributed by atoms with Crippen LogP contribution in [0, 0.1) is 0 Å². The van der Waals surface area contributed by atoms with Crippen LogP contribution in [-0.2, 0) is 0 Å². The van der Waals surface area contributed by atoms with E-state index in [4.69, 9.17) is 13.6 Å². The largest absolute Gasteiger partial charge is 0.464 e. The lowest BCUT2D eigenvalue weighted by molar-refractivity contribution is 0.260. The molecule has 4 aliphatic rings. The second kappa shape index (κ2) is 16.6. The number of para-hydroxylation sites is 2. The number of fused-ring (bicyclic) bond motifs is 20. The standard InChI is InChI=1S/C78H44N2O3S/c1-3-13-41(14-4-1)77-80-75-66(83-77)40-57(49-35-47-17-11-21-51-52-30-32-65-73(70(52)61(37-49)68(47)51)54-19-7-9-23-63(54)81-65)53-29-26-44-33-45(25-28-50(44)72(53)75)58-39-60-59-36-48(43-27-31-62-67(38-43)84-78(79-62)42-15-5-2-6-16-42)34-46-18-12-22-56(69(46)59)71(60)74-55-20-8-10-24-64(55)82-76(58)74/h1-40,77-80H. The van der Waals surface area contributed by atoms with E-state index in [1.54, 1.807) is 0 Å². The number of anilines is 2. The minimum absolute atomic E-state index is 0.179. The van der Waals surface area contributed by atoms with Gasteiger partial charge in [0.25, 0.3) is 0 Å². The van der Waals surface area contributed by atoms with Crippen LogP contribution in [0.15, 0.2) is 256 Å². The number of benzene rings is 14. The molecule has 14 aromatic carbocycles. The van der Waals surface area contributed by atoms with Crippen molar-refractivity contribution in [2.24, 2.45) is 0 Å². The minimum atomic E-state index is -0.354. The Morgan fingerprint density at radius 3 is 1.87 bits per heavy atom. The van der Waals surface area contributed by atoms with Gasteiger partial charge in [-0.3, -0.25) is 0 Å². The number of rotatable bonds is 5. The van der Waals surface area contributed by atoms with E-state index in [-0.39, 0.29) is 11.6 Å². The first-order chi connectivity index (χ1) is 41.6. The minimum Gasteiger partial charge on any atom is -0.464 e. The van der Waals surface area contributed by atoms with Crippen molar-refractivity contribution in [3.05, 3.63) is 254 Å². The fourth-order valence-corrected chi connectivity index (χ4v) is 16.1. The van der Waals surface area contributed by atoms with E-state index in [9.17, 15) is 0 Å². The molecule has 2 N–H and O–H groups in total. The molecule has 2 aliphatic heterocycles. The summed E-state index contributed by atoms with van der Waals surface area (Å²) in [5.74, 6) is 0.833. The van der Waals surface area contributed by atoms with Crippen LogP contribution in [-0.4, -0.2) is 0 Å². The summed E-state index contributed by atoms with van der Waals surface area (Å²) in [5, 5.41) is 22.0. The number of nitrogens with one attached hydrogen (secondary N) is 2. The van der Waals surface area contributed by atoms with Crippen molar-refractivity contribution in [2.45, 2.75) is 16.5 Å². The number of hydrogen-bond acceptors (Lipinski definition) is 6. The number of thioether (sulfide) groups is 1. The molecule has 0 fully saturated rings. The summed E-state index contributed by atoms with van der Waals surface area (Å²) in [4.78, 5) is 1.27. The Morgan fingerprint density at radius 1 is 0.333 bits per heavy atom. The number of furan rings is 2. The van der Waals surface area contributed by atoms with Gasteiger partial charge in [-0.1, -0.05) is 176 Å². The second-order valence-corrected chi connectivity index (χ2v) is 24.1. The second-order valence-electron chi connectivity index (χ2n) is 23.0. The first-order valence-corrected chi connectivity index (χ1v) is 29.7. The highest BCUT2D eigenvalue weighted by Crippen LogP contribution is 2.58. The van der Waals surface area contributed by atoms with Gasteiger partial charge in [0.2, 0.25) is 0 Å². The lowest BCUT2D eigenvalue weighted by Crippen LogP contribution is -2.09. The molecule has 2 aromatic heterocycles. The third-order valence-corrected chi connectivity index (χ3v) is 19.8. The molecule has 5 nitrogen and oxygen atoms in total. The zero-order valence-electron chi connectivity index (χ0n) is 44.9. The smallest absolute Gasteiger partial charge is 0.196 e. The Hall–Kier alpha value is -10.5. The van der Waals surface area contributed by atoms with Gasteiger partial charge in [-0.05, 0) is 183 Å². The summed E-state index contributed by atoms with van der Waals surface area (Å²) in [6.45, 7) is 0. The molecule has 2 atom stereocenters. The van der Waals surface area contributed by atoms with Crippen molar-refractivity contribution >= 4 is 110 Å². The predicted molar refractivity (Wildman–Crippen MR) is 348 cm³/mol. The first-order valence-electron chi connectivity index (χ1n) is 28.8. The van der Waals surface area contributed by atoms with E-state index in [0.29, 0.717) is 0 Å². The average molecular weight is 1090 g/mol. The highest BCUT2D eigenvalue weighted by Gasteiger charge is 2.33. The van der Waals surface area contributed by atoms with Gasteiger partial charge in [0.1, 0.15) is 33.5 Å². The third-order valence-electron chi connectivity index (χ3n) is 18.5. The van der Waals surface area contributed by atoms with Gasteiger partial charge < -0.3 is 24.2 Å². The summed E-state index contributed by atoms with van der Waals surface area (Å²) in [6, 6.07) is 89.0. The maximum Gasteiger partial charge on any atom is 0.196 e. The van der Waals surface area contributed by atoms with Gasteiger partial charge in [0.05, 0.1) is 5.69 Å². The fraction of sp³-hybridized carbons (Fsp3) is 0.0256. The van der Waals surface area contributed by atoms with Crippen molar-refractivity contribution in [3.8, 4) is 83.6 Å². The molecule has 0 bridgehead atoms. The van der Waals surface area contributed by atoms with Gasteiger partial charge in [0, 0.05) is 59.8 Å². The van der Waals surface area contributed by atoms with Crippen molar-refractivity contribution < 1.29 is 13.6 Å². The summed E-state index contributed by atoms with van der Waals surface area (Å²) in [6.07, 6.45) is -0.354. The summed E-state index contributed by atoms with van der Waals surface area (Å²) < 4.78 is 20.6. The SMILES string of the molecule is c1ccc(C2Nc3c(cc(-c4cc5c6c(cccc6c4)-c4ccc6oc7ccccc7c6c4-5)c4ccc5cc(-c6cc7c(c8c6oc6ccccc68)-c6cccc8cc(-c9ccc%10c(c9)SC(c9ccccc9)N%10)cc-7c68)ccc5c34)O2)cc1. The van der Waals surface area contributed by atoms with Crippen molar-refractivity contribution in [1.82, 2.24) is 0 Å². The zero-order valence-corrected chi connectivity index (χ0v) is 45.7. The molecule has 0 saturated carbocycles. The van der Waals surface area contributed by atoms with Crippen LogP contribution >= 0.6 is 11.8 Å². The van der Waals surface area contributed by atoms with E-state index < -0.39 is 0 Å². The van der Waals surface area contributed by atoms with Gasteiger partial charge in [0.15, 0.2) is 6.23 Å². The van der Waals surface area contributed by atoms with Crippen molar-refractivity contribution in [3.63, 3.8) is 0 Å². The van der Waals surface area contributed by atoms with Crippen molar-refractivity contribution in [1.29, 1.82) is 0 Å². The normalized spacial score (nSPS) is 15.1. The summed E-state index contributed by atoms with van der Waals surface area (Å²) >= 11 is 1.89. The lowest BCUT2D eigenvalue weighted by atomic mass is 9.88. The Bertz CT molecular complexity index is 5640. The molecule has 0 radical (unpaired) electrons. The Kier molecular flexibility index (Phi) is 8.90. The molecular weight excluding hydrogens is 1040 g/mol. The molecule has 2 aliphatic carbocycles. The molecule has 0 saturated heterocycles. The molecule has 16 aromatic rings. The summed E-state index contributed by atoms with van der Waals surface area (Å²) in [5.41, 5.74) is 24.9. The van der Waals surface area contributed by atoms with E-state index in [1.165, 1.54) is 93.3 Å². The zero-order chi connectivity index (χ0) is 54.5. The van der Waals surface area contributed by atoms with Crippen LogP contribution in [0.4, 0.5) is 11.4 Å². The number of ether oxygens (including phenoxy) is 1. The molecule has 390 valence electrons. The first kappa shape index (κ1) is 45.1. The van der Waals surface area contributed by atoms with Gasteiger partial charge in [-0.25, -0.2) is 0 Å². The van der Waals surface area contributed by atoms with Crippen LogP contribution in [0.3, 0.4) is 0 Å². The molecule has 4 heterocycles. The molecule has 0 amide bonds. The van der Waals surface area contributed by atoms with E-state index in [2.05, 4.69) is 253 Å². The van der Waals surface area contributed by atoms with Crippen LogP contribution in [0.1, 0.15) is 22.7 Å². The number of hydrogen-bond donors (Lipinski definition) is 2. The molecule has 0 spiro atoms. The van der Waals surface area contributed by atoms with E-state index in [0.717, 1.165) is 105 Å². The van der Waals surface area contributed by atoms with Crippen LogP contribution in [0.25, 0.3) is 165 Å². The molecule has 20 rings (SSSR count). The van der Waals surface area contributed by atoms with Crippen molar-refractivity contribution in [2.75, 3.05) is 10.6 Å². The highest BCUT2D eigenvalue weighted by molar-refractivity contribution is 8.00. The Morgan fingerprint density at radius 2 is 1.02 bits per heavy atom. The topological polar surface area (TPSA) is 59.6 Å². The average Bonchev–Trinajstić information content (AvgIpc) is 1.67. The summed E-state index contributed by atoms with van der Waals surface area (Å²) in [7, 11) is 0. The molecular formula is C78H44N2O3S. The maximum atomic E-state index is 7.07. The predicted octanol–water partition coefficient (Wildman–Crippen LogP) is 22.1. The van der Waals surface area contributed by atoms with E-state index >= 15 is 0 Å². The van der Waals surface area contributed by atoms with E-state index in [1.807, 2.05) is 11.8 Å². The third kappa shape index (κ3) is 6.19. The Balaban J connectivity index is 0.775. The van der Waals surface area contributed by atoms with Gasteiger partial charge >= 0.3 is 0 Å². The monoisotopic (exact) mass is 1090 g/mol. The van der Waals surface area contributed by atoms with Crippen LogP contribution < -0.4 is 15.4 Å². The fourth-order valence-electron chi connectivity index (χ4n) is 14.9. The highest BCUT2D eigenvalue weighted by atomic mass is 32.2. The van der Waals surface area contributed by atoms with Gasteiger partial charge in [-0.2, -0.15) is 0 Å². The molecule has 6 heteroatoms. The Labute approximate surface area is 485 Å². The molecule has 2 unspecified atom stereocenters. The lowest BCUT2D eigenvalue weighted by Gasteiger charge is -2.16. The quantitative estimate of drug-likeness (QED) is 0.168.